The molecule has 0 aromatic carbocycles. The molecule has 0 radical (unpaired) electrons. The first-order chi connectivity index (χ1) is 9.15. The maximum absolute atomic E-state index is 11.9. The van der Waals surface area contributed by atoms with E-state index in [2.05, 4.69) is 17.3 Å². The molecule has 1 heterocycles. The third kappa shape index (κ3) is 3.30. The van der Waals surface area contributed by atoms with Gasteiger partial charge in [0.2, 0.25) is 0 Å². The minimum absolute atomic E-state index is 0.211. The minimum Gasteiger partial charge on any atom is -0.380 e. The Morgan fingerprint density at radius 2 is 2.26 bits per heavy atom. The van der Waals surface area contributed by atoms with E-state index in [-0.39, 0.29) is 10.6 Å². The van der Waals surface area contributed by atoms with E-state index in [0.29, 0.717) is 18.3 Å². The van der Waals surface area contributed by atoms with Gasteiger partial charge in [0, 0.05) is 12.6 Å². The molecule has 0 saturated heterocycles. The van der Waals surface area contributed by atoms with Crippen molar-refractivity contribution in [2.45, 2.75) is 58.5 Å². The zero-order chi connectivity index (χ0) is 13.8. The van der Waals surface area contributed by atoms with Gasteiger partial charge in [-0.2, -0.15) is 5.10 Å². The maximum Gasteiger partial charge on any atom is 0.287 e. The molecule has 1 fully saturated rings. The van der Waals surface area contributed by atoms with Crippen molar-refractivity contribution in [1.29, 1.82) is 0 Å². The normalized spacial score (nSPS) is 23.3. The van der Waals surface area contributed by atoms with Gasteiger partial charge in [0.1, 0.15) is 5.02 Å². The van der Waals surface area contributed by atoms with Gasteiger partial charge >= 0.3 is 0 Å². The topological polar surface area (TPSA) is 46.9 Å². The molecule has 0 aliphatic heterocycles. The summed E-state index contributed by atoms with van der Waals surface area (Å²) < 4.78 is 1.38. The predicted octanol–water partition coefficient (Wildman–Crippen LogP) is 3.30. The maximum atomic E-state index is 11.9. The van der Waals surface area contributed by atoms with Crippen LogP contribution in [0.1, 0.15) is 46.0 Å². The van der Waals surface area contributed by atoms with Crippen LogP contribution in [0, 0.1) is 5.92 Å². The van der Waals surface area contributed by atoms with Gasteiger partial charge in [0.15, 0.2) is 0 Å². The molecule has 2 rings (SSSR count). The van der Waals surface area contributed by atoms with E-state index in [0.717, 1.165) is 18.8 Å². The van der Waals surface area contributed by atoms with Gasteiger partial charge in [0.05, 0.1) is 11.9 Å². The van der Waals surface area contributed by atoms with Crippen LogP contribution in [-0.2, 0) is 6.54 Å². The van der Waals surface area contributed by atoms with Gasteiger partial charge in [-0.25, -0.2) is 4.68 Å². The molecule has 1 aromatic heterocycles. The average Bonchev–Trinajstić information content (AvgIpc) is 2.44. The summed E-state index contributed by atoms with van der Waals surface area (Å²) in [6, 6.07) is 0.412. The van der Waals surface area contributed by atoms with E-state index in [1.54, 1.807) is 6.20 Å². The van der Waals surface area contributed by atoms with Gasteiger partial charge in [-0.1, -0.05) is 37.8 Å². The highest BCUT2D eigenvalue weighted by atomic mass is 35.5. The van der Waals surface area contributed by atoms with Crippen LogP contribution in [0.5, 0.6) is 0 Å². The summed E-state index contributed by atoms with van der Waals surface area (Å²) >= 11 is 6.13. The molecular formula is C14H22ClN3O. The predicted molar refractivity (Wildman–Crippen MR) is 78.8 cm³/mol. The minimum atomic E-state index is -0.211. The first kappa shape index (κ1) is 14.4. The lowest BCUT2D eigenvalue weighted by molar-refractivity contribution is 0.327. The quantitative estimate of drug-likeness (QED) is 0.922. The third-order valence-corrected chi connectivity index (χ3v) is 4.37. The molecular weight excluding hydrogens is 262 g/mol. The molecule has 0 amide bonds. The third-order valence-electron chi connectivity index (χ3n) is 4.00. The summed E-state index contributed by atoms with van der Waals surface area (Å²) in [7, 11) is 0. The molecule has 1 saturated carbocycles. The second-order valence-corrected chi connectivity index (χ2v) is 5.65. The van der Waals surface area contributed by atoms with E-state index < -0.39 is 0 Å². The Morgan fingerprint density at radius 3 is 2.95 bits per heavy atom. The molecule has 19 heavy (non-hydrogen) atoms. The molecule has 5 heteroatoms. The molecule has 1 aliphatic carbocycles. The van der Waals surface area contributed by atoms with Gasteiger partial charge in [-0.3, -0.25) is 4.79 Å². The number of hydrogen-bond donors (Lipinski definition) is 1. The van der Waals surface area contributed by atoms with Crippen LogP contribution in [0.2, 0.25) is 5.02 Å². The zero-order valence-electron chi connectivity index (χ0n) is 11.7. The fourth-order valence-electron chi connectivity index (χ4n) is 2.80. The monoisotopic (exact) mass is 283 g/mol. The first-order valence-electron chi connectivity index (χ1n) is 7.17. The number of aromatic nitrogens is 2. The molecule has 1 N–H and O–H groups in total. The second-order valence-electron chi connectivity index (χ2n) is 5.28. The summed E-state index contributed by atoms with van der Waals surface area (Å²) in [5.74, 6) is 0.786. The summed E-state index contributed by atoms with van der Waals surface area (Å²) in [6.45, 7) is 4.66. The highest BCUT2D eigenvalue weighted by Gasteiger charge is 2.21. The highest BCUT2D eigenvalue weighted by Crippen LogP contribution is 2.29. The van der Waals surface area contributed by atoms with Crippen LogP contribution in [-0.4, -0.2) is 15.8 Å². The fourth-order valence-corrected chi connectivity index (χ4v) is 3.00. The average molecular weight is 284 g/mol. The van der Waals surface area contributed by atoms with Crippen molar-refractivity contribution in [2.24, 2.45) is 5.92 Å². The number of halogens is 1. The largest absolute Gasteiger partial charge is 0.380 e. The lowest BCUT2D eigenvalue weighted by Crippen LogP contribution is -2.29. The van der Waals surface area contributed by atoms with Crippen molar-refractivity contribution in [3.63, 3.8) is 0 Å². The van der Waals surface area contributed by atoms with E-state index in [1.165, 1.54) is 23.9 Å². The Labute approximate surface area is 119 Å². The highest BCUT2D eigenvalue weighted by molar-refractivity contribution is 6.32. The smallest absolute Gasteiger partial charge is 0.287 e. The number of rotatable bonds is 4. The molecule has 1 aliphatic rings. The van der Waals surface area contributed by atoms with Gasteiger partial charge in [-0.15, -0.1) is 0 Å². The second kappa shape index (κ2) is 6.42. The van der Waals surface area contributed by atoms with Gasteiger partial charge in [-0.05, 0) is 25.7 Å². The number of nitrogens with one attached hydrogen (secondary N) is 1. The number of anilines is 1. The molecule has 106 valence electrons. The SMILES string of the molecule is CCC1CCCC(Nc2cnn(CC)c(=O)c2Cl)C1. The summed E-state index contributed by atoms with van der Waals surface area (Å²) in [6.07, 6.45) is 7.75. The van der Waals surface area contributed by atoms with E-state index in [4.69, 9.17) is 11.6 Å². The van der Waals surface area contributed by atoms with Gasteiger partial charge in [0.25, 0.3) is 5.56 Å². The lowest BCUT2D eigenvalue weighted by atomic mass is 9.84. The van der Waals surface area contributed by atoms with Crippen molar-refractivity contribution >= 4 is 17.3 Å². The first-order valence-corrected chi connectivity index (χ1v) is 7.55. The van der Waals surface area contributed by atoms with Crippen molar-refractivity contribution in [3.05, 3.63) is 21.6 Å². The van der Waals surface area contributed by atoms with Crippen LogP contribution in [0.4, 0.5) is 5.69 Å². The Hall–Kier alpha value is -1.03. The van der Waals surface area contributed by atoms with Crippen molar-refractivity contribution < 1.29 is 0 Å². The van der Waals surface area contributed by atoms with Crippen LogP contribution < -0.4 is 10.9 Å². The number of nitrogens with zero attached hydrogens (tertiary/aromatic N) is 2. The van der Waals surface area contributed by atoms with E-state index >= 15 is 0 Å². The Balaban J connectivity index is 2.11. The fraction of sp³-hybridized carbons (Fsp3) is 0.714. The van der Waals surface area contributed by atoms with Gasteiger partial charge < -0.3 is 5.32 Å². The van der Waals surface area contributed by atoms with E-state index in [9.17, 15) is 4.79 Å². The summed E-state index contributed by atoms with van der Waals surface area (Å²) in [5.41, 5.74) is 0.468. The van der Waals surface area contributed by atoms with Crippen LogP contribution in [0.25, 0.3) is 0 Å². The van der Waals surface area contributed by atoms with Crippen LogP contribution in [0.15, 0.2) is 11.0 Å². The number of aryl methyl sites for hydroxylation is 1. The number of hydrogen-bond acceptors (Lipinski definition) is 3. The Morgan fingerprint density at radius 1 is 1.47 bits per heavy atom. The summed E-state index contributed by atoms with van der Waals surface area (Å²) in [4.78, 5) is 11.9. The summed E-state index contributed by atoms with van der Waals surface area (Å²) in [5, 5.41) is 7.78. The van der Waals surface area contributed by atoms with Crippen LogP contribution >= 0.6 is 11.6 Å². The molecule has 1 aromatic rings. The van der Waals surface area contributed by atoms with Crippen molar-refractivity contribution in [2.75, 3.05) is 5.32 Å². The van der Waals surface area contributed by atoms with Crippen LogP contribution in [0.3, 0.4) is 0 Å². The van der Waals surface area contributed by atoms with Crippen molar-refractivity contribution in [1.82, 2.24) is 9.78 Å². The van der Waals surface area contributed by atoms with Crippen molar-refractivity contribution in [3.8, 4) is 0 Å². The molecule has 2 atom stereocenters. The zero-order valence-corrected chi connectivity index (χ0v) is 12.4. The van der Waals surface area contributed by atoms with E-state index in [1.807, 2.05) is 6.92 Å². The molecule has 4 nitrogen and oxygen atoms in total. The Kier molecular flexibility index (Phi) is 4.86. The molecule has 0 bridgehead atoms. The molecule has 2 unspecified atom stereocenters. The Bertz CT molecular complexity index is 486. The lowest BCUT2D eigenvalue weighted by Gasteiger charge is -2.29. The standard InChI is InChI=1S/C14H22ClN3O/c1-3-10-6-5-7-11(8-10)17-12-9-16-18(4-2)14(19)13(12)15/h9-11,17H,3-8H2,1-2H3. The molecule has 0 spiro atoms.